The van der Waals surface area contributed by atoms with Gasteiger partial charge in [-0.1, -0.05) is 15.9 Å². The topological polar surface area (TPSA) is 52.9 Å². The van der Waals surface area contributed by atoms with Crippen molar-refractivity contribution >= 4 is 38.2 Å². The van der Waals surface area contributed by atoms with Gasteiger partial charge in [0.15, 0.2) is 0 Å². The standard InChI is InChI=1S/C15H13BrN2OS/c1-8-6-11(4-5-13(8)16)14(19)18-15-12(7-17)9(2)10(3)20-15/h4-6H,1-3H3,(H,18,19). The van der Waals surface area contributed by atoms with Crippen LogP contribution >= 0.6 is 27.3 Å². The number of anilines is 1. The number of carbonyl (C=O) groups is 1. The monoisotopic (exact) mass is 348 g/mol. The Labute approximate surface area is 130 Å². The second-order valence-electron chi connectivity index (χ2n) is 4.52. The Balaban J connectivity index is 2.30. The van der Waals surface area contributed by atoms with Crippen molar-refractivity contribution in [2.45, 2.75) is 20.8 Å². The molecule has 1 aromatic carbocycles. The van der Waals surface area contributed by atoms with Crippen LogP contribution in [-0.4, -0.2) is 5.91 Å². The first-order chi connectivity index (χ1) is 9.43. The van der Waals surface area contributed by atoms with Crippen LogP contribution < -0.4 is 5.32 Å². The normalized spacial score (nSPS) is 10.2. The molecule has 2 rings (SSSR count). The summed E-state index contributed by atoms with van der Waals surface area (Å²) < 4.78 is 0.967. The summed E-state index contributed by atoms with van der Waals surface area (Å²) in [6, 6.07) is 7.57. The van der Waals surface area contributed by atoms with Crippen molar-refractivity contribution in [3.8, 4) is 6.07 Å². The van der Waals surface area contributed by atoms with Gasteiger partial charge in [-0.2, -0.15) is 5.26 Å². The van der Waals surface area contributed by atoms with Crippen molar-refractivity contribution in [2.24, 2.45) is 0 Å². The first-order valence-electron chi connectivity index (χ1n) is 6.01. The Kier molecular flexibility index (Phi) is 4.26. The molecule has 0 bridgehead atoms. The van der Waals surface area contributed by atoms with E-state index in [2.05, 4.69) is 27.3 Å². The third-order valence-electron chi connectivity index (χ3n) is 3.14. The van der Waals surface area contributed by atoms with E-state index >= 15 is 0 Å². The molecule has 0 saturated carbocycles. The number of hydrogen-bond acceptors (Lipinski definition) is 3. The smallest absolute Gasteiger partial charge is 0.256 e. The van der Waals surface area contributed by atoms with Crippen LogP contribution in [0.15, 0.2) is 22.7 Å². The number of thiophene rings is 1. The van der Waals surface area contributed by atoms with E-state index < -0.39 is 0 Å². The van der Waals surface area contributed by atoms with Gasteiger partial charge in [0.25, 0.3) is 5.91 Å². The highest BCUT2D eigenvalue weighted by atomic mass is 79.9. The zero-order valence-electron chi connectivity index (χ0n) is 11.4. The van der Waals surface area contributed by atoms with Crippen LogP contribution in [-0.2, 0) is 0 Å². The maximum Gasteiger partial charge on any atom is 0.256 e. The Morgan fingerprint density at radius 1 is 1.35 bits per heavy atom. The summed E-state index contributed by atoms with van der Waals surface area (Å²) in [5.74, 6) is -0.196. The molecule has 0 unspecified atom stereocenters. The molecule has 0 aliphatic rings. The van der Waals surface area contributed by atoms with E-state index in [1.807, 2.05) is 32.9 Å². The largest absolute Gasteiger partial charge is 0.312 e. The highest BCUT2D eigenvalue weighted by molar-refractivity contribution is 9.10. The number of hydrogen-bond donors (Lipinski definition) is 1. The fourth-order valence-electron chi connectivity index (χ4n) is 1.81. The van der Waals surface area contributed by atoms with Gasteiger partial charge in [-0.15, -0.1) is 11.3 Å². The van der Waals surface area contributed by atoms with Crippen LogP contribution in [0.25, 0.3) is 0 Å². The quantitative estimate of drug-likeness (QED) is 0.864. The number of nitriles is 1. The number of carbonyl (C=O) groups excluding carboxylic acids is 1. The van der Waals surface area contributed by atoms with Crippen molar-refractivity contribution < 1.29 is 4.79 Å². The predicted octanol–water partition coefficient (Wildman–Crippen LogP) is 4.56. The maximum absolute atomic E-state index is 12.2. The molecule has 0 spiro atoms. The summed E-state index contributed by atoms with van der Waals surface area (Å²) in [5.41, 5.74) is 3.06. The van der Waals surface area contributed by atoms with Gasteiger partial charge in [0, 0.05) is 14.9 Å². The van der Waals surface area contributed by atoms with Crippen molar-refractivity contribution in [1.29, 1.82) is 5.26 Å². The predicted molar refractivity (Wildman–Crippen MR) is 85.3 cm³/mol. The van der Waals surface area contributed by atoms with Crippen LogP contribution in [0.5, 0.6) is 0 Å². The summed E-state index contributed by atoms with van der Waals surface area (Å²) >= 11 is 4.84. The molecular formula is C15H13BrN2OS. The minimum absolute atomic E-state index is 0.196. The molecule has 20 heavy (non-hydrogen) atoms. The van der Waals surface area contributed by atoms with E-state index in [1.54, 1.807) is 6.07 Å². The lowest BCUT2D eigenvalue weighted by atomic mass is 10.1. The van der Waals surface area contributed by atoms with Gasteiger partial charge < -0.3 is 5.32 Å². The Hall–Kier alpha value is -1.64. The molecule has 5 heteroatoms. The van der Waals surface area contributed by atoms with E-state index in [0.29, 0.717) is 16.1 Å². The minimum Gasteiger partial charge on any atom is -0.312 e. The lowest BCUT2D eigenvalue weighted by Crippen LogP contribution is -2.11. The third kappa shape index (κ3) is 2.77. The maximum atomic E-state index is 12.2. The van der Waals surface area contributed by atoms with E-state index in [0.717, 1.165) is 20.5 Å². The van der Waals surface area contributed by atoms with Crippen LogP contribution in [0.4, 0.5) is 5.00 Å². The van der Waals surface area contributed by atoms with E-state index in [9.17, 15) is 10.1 Å². The van der Waals surface area contributed by atoms with E-state index in [-0.39, 0.29) is 5.91 Å². The molecule has 0 aliphatic heterocycles. The molecule has 1 amide bonds. The number of nitrogens with one attached hydrogen (secondary N) is 1. The molecule has 0 radical (unpaired) electrons. The van der Waals surface area contributed by atoms with Gasteiger partial charge in [0.05, 0.1) is 5.56 Å². The molecule has 1 aromatic heterocycles. The van der Waals surface area contributed by atoms with Gasteiger partial charge in [-0.3, -0.25) is 4.79 Å². The molecule has 1 N–H and O–H groups in total. The van der Waals surface area contributed by atoms with Crippen LogP contribution in [0, 0.1) is 32.1 Å². The Morgan fingerprint density at radius 3 is 2.65 bits per heavy atom. The summed E-state index contributed by atoms with van der Waals surface area (Å²) in [7, 11) is 0. The van der Waals surface area contributed by atoms with Gasteiger partial charge in [-0.25, -0.2) is 0 Å². The molecule has 2 aromatic rings. The lowest BCUT2D eigenvalue weighted by molar-refractivity contribution is 0.102. The SMILES string of the molecule is Cc1cc(C(=O)Nc2sc(C)c(C)c2C#N)ccc1Br. The number of aryl methyl sites for hydroxylation is 2. The van der Waals surface area contributed by atoms with E-state index in [1.165, 1.54) is 11.3 Å². The summed E-state index contributed by atoms with van der Waals surface area (Å²) in [4.78, 5) is 13.3. The average Bonchev–Trinajstić information content (AvgIpc) is 2.67. The highest BCUT2D eigenvalue weighted by Gasteiger charge is 2.15. The van der Waals surface area contributed by atoms with Crippen molar-refractivity contribution in [3.05, 3.63) is 49.8 Å². The summed E-state index contributed by atoms with van der Waals surface area (Å²) in [6.07, 6.45) is 0. The number of halogens is 1. The molecule has 102 valence electrons. The van der Waals surface area contributed by atoms with Gasteiger partial charge >= 0.3 is 0 Å². The fourth-order valence-corrected chi connectivity index (χ4v) is 3.06. The zero-order chi connectivity index (χ0) is 14.9. The Bertz CT molecular complexity index is 728. The third-order valence-corrected chi connectivity index (χ3v) is 5.16. The van der Waals surface area contributed by atoms with Crippen molar-refractivity contribution in [3.63, 3.8) is 0 Å². The molecule has 0 aliphatic carbocycles. The second-order valence-corrected chi connectivity index (χ2v) is 6.60. The number of amides is 1. The minimum atomic E-state index is -0.196. The number of rotatable bonds is 2. The van der Waals surface area contributed by atoms with E-state index in [4.69, 9.17) is 0 Å². The zero-order valence-corrected chi connectivity index (χ0v) is 13.8. The van der Waals surface area contributed by atoms with Crippen molar-refractivity contribution in [1.82, 2.24) is 0 Å². The fraction of sp³-hybridized carbons (Fsp3) is 0.200. The van der Waals surface area contributed by atoms with Crippen molar-refractivity contribution in [2.75, 3.05) is 5.32 Å². The summed E-state index contributed by atoms with van der Waals surface area (Å²) in [5, 5.41) is 12.6. The average molecular weight is 349 g/mol. The van der Waals surface area contributed by atoms with Gasteiger partial charge in [-0.05, 0) is 50.1 Å². The molecule has 3 nitrogen and oxygen atoms in total. The number of benzene rings is 1. The first-order valence-corrected chi connectivity index (χ1v) is 7.62. The Morgan fingerprint density at radius 2 is 2.05 bits per heavy atom. The second kappa shape index (κ2) is 5.78. The first kappa shape index (κ1) is 14.8. The molecule has 0 fully saturated rings. The molecule has 0 saturated heterocycles. The van der Waals surface area contributed by atoms with Gasteiger partial charge in [0.2, 0.25) is 0 Å². The highest BCUT2D eigenvalue weighted by Crippen LogP contribution is 2.32. The summed E-state index contributed by atoms with van der Waals surface area (Å²) in [6.45, 7) is 5.77. The lowest BCUT2D eigenvalue weighted by Gasteiger charge is -2.05. The molecular weight excluding hydrogens is 336 g/mol. The molecule has 0 atom stereocenters. The number of nitrogens with zero attached hydrogens (tertiary/aromatic N) is 1. The van der Waals surface area contributed by atoms with Crippen LogP contribution in [0.2, 0.25) is 0 Å². The van der Waals surface area contributed by atoms with Crippen LogP contribution in [0.1, 0.15) is 31.9 Å². The molecule has 1 heterocycles. The van der Waals surface area contributed by atoms with Gasteiger partial charge in [0.1, 0.15) is 11.1 Å². The van der Waals surface area contributed by atoms with Crippen LogP contribution in [0.3, 0.4) is 0 Å².